The van der Waals surface area contributed by atoms with Crippen molar-refractivity contribution >= 4 is 28.9 Å². The van der Waals surface area contributed by atoms with E-state index in [9.17, 15) is 4.79 Å². The molecule has 0 aliphatic carbocycles. The third-order valence-corrected chi connectivity index (χ3v) is 3.18. The lowest BCUT2D eigenvalue weighted by Crippen LogP contribution is -2.27. The first kappa shape index (κ1) is 15.4. The molecule has 0 aliphatic rings. The van der Waals surface area contributed by atoms with Gasteiger partial charge in [0.05, 0.1) is 0 Å². The molecule has 0 saturated carbocycles. The summed E-state index contributed by atoms with van der Waals surface area (Å²) in [7, 11) is 0. The van der Waals surface area contributed by atoms with Crippen LogP contribution in [-0.2, 0) is 4.74 Å². The molecule has 0 amide bonds. The smallest absolute Gasteiger partial charge is 0.422 e. The summed E-state index contributed by atoms with van der Waals surface area (Å²) in [6.45, 7) is 5.40. The van der Waals surface area contributed by atoms with Gasteiger partial charge < -0.3 is 4.74 Å². The van der Waals surface area contributed by atoms with Gasteiger partial charge in [-0.15, -0.1) is 0 Å². The highest BCUT2D eigenvalue weighted by Gasteiger charge is 2.24. The fourth-order valence-corrected chi connectivity index (χ4v) is 2.25. The second-order valence-electron chi connectivity index (χ2n) is 5.97. The highest BCUT2D eigenvalue weighted by Crippen LogP contribution is 2.25. The van der Waals surface area contributed by atoms with Gasteiger partial charge in [0.2, 0.25) is 0 Å². The number of aromatic nitrogens is 4. The van der Waals surface area contributed by atoms with Crippen molar-refractivity contribution in [3.8, 4) is 11.4 Å². The Morgan fingerprint density at radius 2 is 2.00 bits per heavy atom. The van der Waals surface area contributed by atoms with Gasteiger partial charge in [-0.25, -0.2) is 19.3 Å². The maximum atomic E-state index is 12.6. The SMILES string of the molecule is CC(C)(C)OC(=O)n1c(-c2cccnc2)nc2ccc(Cl)nc21. The van der Waals surface area contributed by atoms with Gasteiger partial charge in [-0.3, -0.25) is 4.98 Å². The lowest BCUT2D eigenvalue weighted by molar-refractivity contribution is 0.0545. The number of hydrogen-bond donors (Lipinski definition) is 0. The van der Waals surface area contributed by atoms with Crippen LogP contribution in [0.15, 0.2) is 36.7 Å². The third kappa shape index (κ3) is 3.17. The van der Waals surface area contributed by atoms with Crippen molar-refractivity contribution in [2.24, 2.45) is 0 Å². The molecule has 0 saturated heterocycles. The number of nitrogens with zero attached hydrogens (tertiary/aromatic N) is 4. The van der Waals surface area contributed by atoms with E-state index in [4.69, 9.17) is 16.3 Å². The minimum atomic E-state index is -0.640. The Balaban J connectivity index is 2.23. The molecule has 0 aromatic carbocycles. The molecule has 3 rings (SSSR count). The van der Waals surface area contributed by atoms with Gasteiger partial charge in [0, 0.05) is 18.0 Å². The van der Waals surface area contributed by atoms with E-state index < -0.39 is 11.7 Å². The summed E-state index contributed by atoms with van der Waals surface area (Å²) in [6.07, 6.45) is 2.72. The molecule has 0 unspecified atom stereocenters. The minimum absolute atomic E-state index is 0.278. The Morgan fingerprint density at radius 3 is 2.65 bits per heavy atom. The van der Waals surface area contributed by atoms with E-state index in [0.29, 0.717) is 22.6 Å². The molecule has 0 spiro atoms. The summed E-state index contributed by atoms with van der Waals surface area (Å²) in [5.41, 5.74) is 0.954. The second-order valence-corrected chi connectivity index (χ2v) is 6.36. The molecule has 0 radical (unpaired) electrons. The Hall–Kier alpha value is -2.47. The van der Waals surface area contributed by atoms with Gasteiger partial charge in [0.1, 0.15) is 16.3 Å². The third-order valence-electron chi connectivity index (χ3n) is 2.97. The van der Waals surface area contributed by atoms with Crippen LogP contribution in [0.5, 0.6) is 0 Å². The summed E-state index contributed by atoms with van der Waals surface area (Å²) in [4.78, 5) is 25.4. The summed E-state index contributed by atoms with van der Waals surface area (Å²) in [5, 5.41) is 0.278. The molecule has 0 aliphatic heterocycles. The van der Waals surface area contributed by atoms with Crippen molar-refractivity contribution in [2.75, 3.05) is 0 Å². The zero-order valence-electron chi connectivity index (χ0n) is 12.9. The lowest BCUT2D eigenvalue weighted by Gasteiger charge is -2.20. The molecule has 3 heterocycles. The van der Waals surface area contributed by atoms with E-state index >= 15 is 0 Å². The topological polar surface area (TPSA) is 69.9 Å². The first-order valence-electron chi connectivity index (χ1n) is 7.04. The van der Waals surface area contributed by atoms with E-state index in [1.165, 1.54) is 4.57 Å². The Bertz CT molecular complexity index is 869. The maximum Gasteiger partial charge on any atom is 0.422 e. The van der Waals surface area contributed by atoms with Gasteiger partial charge in [-0.2, -0.15) is 0 Å². The standard InChI is InChI=1S/C16H15ClN4O2/c1-16(2,3)23-15(22)21-13(10-5-4-8-18-9-10)19-11-6-7-12(17)20-14(11)21/h4-9H,1-3H3. The zero-order chi connectivity index (χ0) is 16.6. The van der Waals surface area contributed by atoms with Gasteiger partial charge in [-0.1, -0.05) is 11.6 Å². The fourth-order valence-electron chi connectivity index (χ4n) is 2.10. The molecular formula is C16H15ClN4O2. The van der Waals surface area contributed by atoms with Crippen molar-refractivity contribution in [1.29, 1.82) is 0 Å². The maximum absolute atomic E-state index is 12.6. The lowest BCUT2D eigenvalue weighted by atomic mass is 10.2. The molecule has 0 N–H and O–H groups in total. The molecule has 3 aromatic rings. The average molecular weight is 331 g/mol. The highest BCUT2D eigenvalue weighted by molar-refractivity contribution is 6.29. The Morgan fingerprint density at radius 1 is 1.22 bits per heavy atom. The van der Waals surface area contributed by atoms with Crippen molar-refractivity contribution in [3.63, 3.8) is 0 Å². The van der Waals surface area contributed by atoms with E-state index in [2.05, 4.69) is 15.0 Å². The van der Waals surface area contributed by atoms with Gasteiger partial charge in [-0.05, 0) is 45.0 Å². The van der Waals surface area contributed by atoms with Crippen LogP contribution in [0, 0.1) is 0 Å². The van der Waals surface area contributed by atoms with Crippen molar-refractivity contribution in [1.82, 2.24) is 19.5 Å². The number of pyridine rings is 2. The number of carbonyl (C=O) groups is 1. The van der Waals surface area contributed by atoms with E-state index in [1.54, 1.807) is 51.4 Å². The molecule has 0 fully saturated rings. The van der Waals surface area contributed by atoms with E-state index in [-0.39, 0.29) is 5.15 Å². The largest absolute Gasteiger partial charge is 0.443 e. The molecule has 0 bridgehead atoms. The molecule has 118 valence electrons. The molecule has 0 atom stereocenters. The number of fused-ring (bicyclic) bond motifs is 1. The van der Waals surface area contributed by atoms with Crippen LogP contribution in [0.2, 0.25) is 5.15 Å². The number of imidazole rings is 1. The molecule has 7 heteroatoms. The molecule has 23 heavy (non-hydrogen) atoms. The Labute approximate surface area is 138 Å². The molecule has 6 nitrogen and oxygen atoms in total. The quantitative estimate of drug-likeness (QED) is 0.632. The van der Waals surface area contributed by atoms with Gasteiger partial charge in [0.25, 0.3) is 0 Å². The second kappa shape index (κ2) is 5.62. The summed E-state index contributed by atoms with van der Waals surface area (Å²) in [6, 6.07) is 6.93. The number of rotatable bonds is 1. The van der Waals surface area contributed by atoms with E-state index in [0.717, 1.165) is 0 Å². The molecule has 3 aromatic heterocycles. The summed E-state index contributed by atoms with van der Waals surface area (Å²) < 4.78 is 6.80. The number of ether oxygens (including phenoxy) is 1. The minimum Gasteiger partial charge on any atom is -0.443 e. The van der Waals surface area contributed by atoms with E-state index in [1.807, 2.05) is 6.07 Å². The fraction of sp³-hybridized carbons (Fsp3) is 0.250. The van der Waals surface area contributed by atoms with Crippen molar-refractivity contribution in [3.05, 3.63) is 41.8 Å². The first-order chi connectivity index (χ1) is 10.8. The predicted molar refractivity (Wildman–Crippen MR) is 87.4 cm³/mol. The van der Waals surface area contributed by atoms with Crippen molar-refractivity contribution < 1.29 is 9.53 Å². The predicted octanol–water partition coefficient (Wildman–Crippen LogP) is 3.93. The van der Waals surface area contributed by atoms with Crippen LogP contribution in [0.4, 0.5) is 4.79 Å². The summed E-state index contributed by atoms with van der Waals surface area (Å²) >= 11 is 5.97. The monoisotopic (exact) mass is 330 g/mol. The Kier molecular flexibility index (Phi) is 3.77. The van der Waals surface area contributed by atoms with Crippen molar-refractivity contribution in [2.45, 2.75) is 26.4 Å². The van der Waals surface area contributed by atoms with Crippen LogP contribution in [-0.4, -0.2) is 31.2 Å². The highest BCUT2D eigenvalue weighted by atomic mass is 35.5. The van der Waals surface area contributed by atoms with Crippen LogP contribution in [0.1, 0.15) is 20.8 Å². The van der Waals surface area contributed by atoms with Crippen LogP contribution in [0.3, 0.4) is 0 Å². The molecular weight excluding hydrogens is 316 g/mol. The normalized spacial score (nSPS) is 11.7. The zero-order valence-corrected chi connectivity index (χ0v) is 13.7. The first-order valence-corrected chi connectivity index (χ1v) is 7.42. The van der Waals surface area contributed by atoms with Gasteiger partial charge >= 0.3 is 6.09 Å². The number of hydrogen-bond acceptors (Lipinski definition) is 5. The average Bonchev–Trinajstić information content (AvgIpc) is 2.85. The number of halogens is 1. The van der Waals surface area contributed by atoms with Crippen LogP contribution < -0.4 is 0 Å². The van der Waals surface area contributed by atoms with Crippen LogP contribution in [0.25, 0.3) is 22.6 Å². The van der Waals surface area contributed by atoms with Crippen LogP contribution >= 0.6 is 11.6 Å². The number of carbonyl (C=O) groups excluding carboxylic acids is 1. The summed E-state index contributed by atoms with van der Waals surface area (Å²) in [5.74, 6) is 0.414. The van der Waals surface area contributed by atoms with Gasteiger partial charge in [0.15, 0.2) is 11.5 Å².